The van der Waals surface area contributed by atoms with E-state index in [0.29, 0.717) is 12.4 Å². The van der Waals surface area contributed by atoms with E-state index in [9.17, 15) is 10.2 Å². The number of hydrogen-bond acceptors (Lipinski definition) is 3. The fourth-order valence-electron chi connectivity index (χ4n) is 3.37. The lowest BCUT2D eigenvalue weighted by Gasteiger charge is -2.48. The third-order valence-electron chi connectivity index (χ3n) is 4.92. The summed E-state index contributed by atoms with van der Waals surface area (Å²) in [6.45, 7) is 6.58. The smallest absolute Gasteiger partial charge is 0.125 e. The highest BCUT2D eigenvalue weighted by Crippen LogP contribution is 2.56. The normalized spacial score (nSPS) is 23.9. The van der Waals surface area contributed by atoms with E-state index in [1.165, 1.54) is 0 Å². The van der Waals surface area contributed by atoms with Crippen LogP contribution >= 0.6 is 0 Å². The van der Waals surface area contributed by atoms with Gasteiger partial charge in [-0.05, 0) is 31.7 Å². The molecule has 0 amide bonds. The summed E-state index contributed by atoms with van der Waals surface area (Å²) in [7, 11) is 0. The topological polar surface area (TPSA) is 49.7 Å². The third-order valence-corrected chi connectivity index (χ3v) is 4.92. The Kier molecular flexibility index (Phi) is 2.79. The first-order valence-electron chi connectivity index (χ1n) is 7.13. The maximum atomic E-state index is 10.7. The number of phenolic OH excluding ortho intramolecular Hbond substituents is 1. The highest BCUT2D eigenvalue weighted by atomic mass is 16.5. The molecule has 1 aromatic carbocycles. The molecule has 2 aliphatic rings. The van der Waals surface area contributed by atoms with Crippen LogP contribution in [0.5, 0.6) is 11.5 Å². The number of benzene rings is 1. The first-order valence-corrected chi connectivity index (χ1v) is 7.13. The summed E-state index contributed by atoms with van der Waals surface area (Å²) in [6.07, 6.45) is 2.68. The molecule has 1 aromatic rings. The van der Waals surface area contributed by atoms with Crippen molar-refractivity contribution >= 4 is 0 Å². The molecule has 1 spiro atoms. The second-order valence-corrected chi connectivity index (χ2v) is 6.41. The van der Waals surface area contributed by atoms with Crippen molar-refractivity contribution in [2.24, 2.45) is 5.41 Å². The Balaban J connectivity index is 2.12. The summed E-state index contributed by atoms with van der Waals surface area (Å²) >= 11 is 0. The number of phenols is 1. The number of ether oxygens (including phenoxy) is 1. The number of hydrogen-bond donors (Lipinski definition) is 2. The molecule has 3 rings (SSSR count). The lowest BCUT2D eigenvalue weighted by molar-refractivity contribution is -0.0835. The SMILES string of the molecule is Cc1c(O)c(C(C)C)cc2c1C(O)C1(CCC1)CO2. The Morgan fingerprint density at radius 1 is 1.37 bits per heavy atom. The molecular weight excluding hydrogens is 240 g/mol. The zero-order chi connectivity index (χ0) is 13.8. The van der Waals surface area contributed by atoms with Gasteiger partial charge in [-0.15, -0.1) is 0 Å². The van der Waals surface area contributed by atoms with Crippen molar-refractivity contribution in [2.75, 3.05) is 6.61 Å². The van der Waals surface area contributed by atoms with Gasteiger partial charge >= 0.3 is 0 Å². The van der Waals surface area contributed by atoms with Gasteiger partial charge in [-0.2, -0.15) is 0 Å². The molecule has 1 atom stereocenters. The molecule has 0 saturated heterocycles. The van der Waals surface area contributed by atoms with Crippen LogP contribution < -0.4 is 4.74 Å². The van der Waals surface area contributed by atoms with E-state index in [1.807, 2.05) is 26.8 Å². The Bertz CT molecular complexity index is 515. The molecule has 1 unspecified atom stereocenters. The fourth-order valence-corrected chi connectivity index (χ4v) is 3.37. The molecular formula is C16H22O3. The standard InChI is InChI=1S/C16H22O3/c1-9(2)11-7-12-13(10(3)14(11)17)15(18)16(8-19-12)5-4-6-16/h7,9,15,17-18H,4-6,8H2,1-3H3. The van der Waals surface area contributed by atoms with Crippen molar-refractivity contribution in [2.45, 2.75) is 52.1 Å². The van der Waals surface area contributed by atoms with Crippen LogP contribution in [0.25, 0.3) is 0 Å². The monoisotopic (exact) mass is 262 g/mol. The van der Waals surface area contributed by atoms with Gasteiger partial charge < -0.3 is 14.9 Å². The second kappa shape index (κ2) is 4.14. The van der Waals surface area contributed by atoms with Crippen LogP contribution in [0.1, 0.15) is 61.8 Å². The van der Waals surface area contributed by atoms with Gasteiger partial charge in [0.1, 0.15) is 11.5 Å². The van der Waals surface area contributed by atoms with Gasteiger partial charge in [0.15, 0.2) is 0 Å². The molecule has 19 heavy (non-hydrogen) atoms. The van der Waals surface area contributed by atoms with Crippen LogP contribution in [-0.4, -0.2) is 16.8 Å². The van der Waals surface area contributed by atoms with Crippen molar-refractivity contribution in [3.63, 3.8) is 0 Å². The van der Waals surface area contributed by atoms with Gasteiger partial charge in [0, 0.05) is 22.1 Å². The van der Waals surface area contributed by atoms with Crippen molar-refractivity contribution in [3.8, 4) is 11.5 Å². The van der Waals surface area contributed by atoms with Gasteiger partial charge in [0.05, 0.1) is 12.7 Å². The quantitative estimate of drug-likeness (QED) is 0.815. The van der Waals surface area contributed by atoms with Crippen molar-refractivity contribution in [1.29, 1.82) is 0 Å². The zero-order valence-corrected chi connectivity index (χ0v) is 11.9. The van der Waals surface area contributed by atoms with E-state index in [2.05, 4.69) is 0 Å². The fraction of sp³-hybridized carbons (Fsp3) is 0.625. The molecule has 3 heteroatoms. The largest absolute Gasteiger partial charge is 0.507 e. The number of aromatic hydroxyl groups is 1. The Morgan fingerprint density at radius 2 is 2.05 bits per heavy atom. The van der Waals surface area contributed by atoms with E-state index in [0.717, 1.165) is 41.7 Å². The number of aliphatic hydroxyl groups is 1. The van der Waals surface area contributed by atoms with Crippen molar-refractivity contribution < 1.29 is 14.9 Å². The predicted octanol–water partition coefficient (Wildman–Crippen LogP) is 3.42. The first kappa shape index (κ1) is 12.8. The second-order valence-electron chi connectivity index (χ2n) is 6.41. The predicted molar refractivity (Wildman–Crippen MR) is 73.7 cm³/mol. The minimum absolute atomic E-state index is 0.108. The molecule has 1 aliphatic heterocycles. The van der Waals surface area contributed by atoms with E-state index in [-0.39, 0.29) is 11.3 Å². The van der Waals surface area contributed by atoms with Crippen LogP contribution in [-0.2, 0) is 0 Å². The summed E-state index contributed by atoms with van der Waals surface area (Å²) in [5.41, 5.74) is 2.37. The summed E-state index contributed by atoms with van der Waals surface area (Å²) in [4.78, 5) is 0. The highest BCUT2D eigenvalue weighted by molar-refractivity contribution is 5.55. The molecule has 0 radical (unpaired) electrons. The van der Waals surface area contributed by atoms with Gasteiger partial charge in [-0.3, -0.25) is 0 Å². The molecule has 2 N–H and O–H groups in total. The average Bonchev–Trinajstić information content (AvgIpc) is 2.31. The minimum Gasteiger partial charge on any atom is -0.507 e. The van der Waals surface area contributed by atoms with E-state index < -0.39 is 6.10 Å². The molecule has 0 bridgehead atoms. The Morgan fingerprint density at radius 3 is 2.58 bits per heavy atom. The Hall–Kier alpha value is -1.22. The molecule has 1 fully saturated rings. The van der Waals surface area contributed by atoms with E-state index >= 15 is 0 Å². The van der Waals surface area contributed by atoms with Crippen LogP contribution in [0.15, 0.2) is 6.07 Å². The molecule has 1 heterocycles. The molecule has 3 nitrogen and oxygen atoms in total. The molecule has 1 aliphatic carbocycles. The summed E-state index contributed by atoms with van der Waals surface area (Å²) in [6, 6.07) is 1.90. The maximum Gasteiger partial charge on any atom is 0.125 e. The summed E-state index contributed by atoms with van der Waals surface area (Å²) in [5, 5.41) is 21.0. The first-order chi connectivity index (χ1) is 8.96. The van der Waals surface area contributed by atoms with Gasteiger partial charge in [0.25, 0.3) is 0 Å². The van der Waals surface area contributed by atoms with Crippen molar-refractivity contribution in [3.05, 3.63) is 22.8 Å². The average molecular weight is 262 g/mol. The van der Waals surface area contributed by atoms with E-state index in [1.54, 1.807) is 0 Å². The summed E-state index contributed by atoms with van der Waals surface area (Å²) in [5.74, 6) is 1.31. The van der Waals surface area contributed by atoms with Gasteiger partial charge in [-0.25, -0.2) is 0 Å². The van der Waals surface area contributed by atoms with Crippen LogP contribution in [0.3, 0.4) is 0 Å². The number of rotatable bonds is 1. The van der Waals surface area contributed by atoms with Crippen LogP contribution in [0.2, 0.25) is 0 Å². The minimum atomic E-state index is -0.503. The summed E-state index contributed by atoms with van der Waals surface area (Å²) < 4.78 is 5.91. The van der Waals surface area contributed by atoms with Crippen molar-refractivity contribution in [1.82, 2.24) is 0 Å². The molecule has 104 valence electrons. The van der Waals surface area contributed by atoms with Gasteiger partial charge in [0.2, 0.25) is 0 Å². The third kappa shape index (κ3) is 1.68. The molecule has 0 aromatic heterocycles. The van der Waals surface area contributed by atoms with Crippen LogP contribution in [0, 0.1) is 12.3 Å². The lowest BCUT2D eigenvalue weighted by Crippen LogP contribution is -2.44. The van der Waals surface area contributed by atoms with E-state index in [4.69, 9.17) is 4.74 Å². The van der Waals surface area contributed by atoms with Crippen LogP contribution in [0.4, 0.5) is 0 Å². The van der Waals surface area contributed by atoms with Gasteiger partial charge in [-0.1, -0.05) is 20.3 Å². The maximum absolute atomic E-state index is 10.7. The number of fused-ring (bicyclic) bond motifs is 1. The zero-order valence-electron chi connectivity index (χ0n) is 11.9. The Labute approximate surface area is 114 Å². The lowest BCUT2D eigenvalue weighted by atomic mass is 9.62. The molecule has 1 saturated carbocycles. The highest BCUT2D eigenvalue weighted by Gasteiger charge is 2.49. The number of aliphatic hydroxyl groups excluding tert-OH is 1.